The van der Waals surface area contributed by atoms with E-state index in [0.717, 1.165) is 16.6 Å². The molecule has 1 atom stereocenters. The van der Waals surface area contributed by atoms with Crippen LogP contribution >= 0.6 is 0 Å². The molecule has 3 heteroatoms. The number of hydrogen-bond donors (Lipinski definition) is 2. The van der Waals surface area contributed by atoms with Gasteiger partial charge in [0.15, 0.2) is 0 Å². The summed E-state index contributed by atoms with van der Waals surface area (Å²) < 4.78 is 13.4. The van der Waals surface area contributed by atoms with Gasteiger partial charge in [0.2, 0.25) is 0 Å². The molecule has 1 aromatic carbocycles. The number of aliphatic hydroxyl groups is 1. The normalized spacial score (nSPS) is 13.4. The van der Waals surface area contributed by atoms with E-state index in [0.29, 0.717) is 5.56 Å². The van der Waals surface area contributed by atoms with Crippen LogP contribution in [-0.2, 0) is 0 Å². The summed E-state index contributed by atoms with van der Waals surface area (Å²) in [7, 11) is 0. The third-order valence-electron chi connectivity index (χ3n) is 2.32. The maximum absolute atomic E-state index is 13.4. The van der Waals surface area contributed by atoms with Crippen LogP contribution in [0.25, 0.3) is 10.9 Å². The molecule has 74 valence electrons. The van der Waals surface area contributed by atoms with Crippen LogP contribution in [0.2, 0.25) is 0 Å². The van der Waals surface area contributed by atoms with Gasteiger partial charge in [-0.15, -0.1) is 0 Å². The second-order valence-electron chi connectivity index (χ2n) is 3.59. The van der Waals surface area contributed by atoms with Crippen molar-refractivity contribution >= 4 is 10.9 Å². The standard InChI is InChI=1S/C11H12FNO/c1-6-3-8-4-10(12)9(7(2)14)5-11(8)13-6/h3-5,7,13-14H,1-2H3. The van der Waals surface area contributed by atoms with Gasteiger partial charge in [-0.2, -0.15) is 0 Å². The lowest BCUT2D eigenvalue weighted by Gasteiger charge is -2.05. The van der Waals surface area contributed by atoms with Crippen molar-refractivity contribution in [3.8, 4) is 0 Å². The first-order chi connectivity index (χ1) is 6.58. The fraction of sp³-hybridized carbons (Fsp3) is 0.273. The first-order valence-electron chi connectivity index (χ1n) is 4.55. The van der Waals surface area contributed by atoms with Crippen LogP contribution in [0.1, 0.15) is 24.3 Å². The van der Waals surface area contributed by atoms with E-state index in [1.54, 1.807) is 13.0 Å². The third-order valence-corrected chi connectivity index (χ3v) is 2.32. The Morgan fingerprint density at radius 3 is 2.71 bits per heavy atom. The number of halogens is 1. The Kier molecular flexibility index (Phi) is 2.04. The number of fused-ring (bicyclic) bond motifs is 1. The van der Waals surface area contributed by atoms with Crippen molar-refractivity contribution in [1.29, 1.82) is 0 Å². The molecular formula is C11H12FNO. The van der Waals surface area contributed by atoms with Gasteiger partial charge in [0.25, 0.3) is 0 Å². The van der Waals surface area contributed by atoms with Gasteiger partial charge < -0.3 is 10.1 Å². The van der Waals surface area contributed by atoms with E-state index in [1.165, 1.54) is 6.07 Å². The largest absolute Gasteiger partial charge is 0.389 e. The SMILES string of the molecule is Cc1cc2cc(F)c(C(C)O)cc2[nH]1. The summed E-state index contributed by atoms with van der Waals surface area (Å²) >= 11 is 0. The fourth-order valence-electron chi connectivity index (χ4n) is 1.63. The lowest BCUT2D eigenvalue weighted by atomic mass is 10.1. The minimum absolute atomic E-state index is 0.333. The van der Waals surface area contributed by atoms with Crippen LogP contribution < -0.4 is 0 Å². The van der Waals surface area contributed by atoms with Crippen LogP contribution in [0, 0.1) is 12.7 Å². The monoisotopic (exact) mass is 193 g/mol. The van der Waals surface area contributed by atoms with Crippen LogP contribution in [-0.4, -0.2) is 10.1 Å². The maximum Gasteiger partial charge on any atom is 0.129 e. The van der Waals surface area contributed by atoms with Crippen LogP contribution in [0.5, 0.6) is 0 Å². The van der Waals surface area contributed by atoms with Gasteiger partial charge in [0.05, 0.1) is 6.10 Å². The molecule has 1 aromatic heterocycles. The molecular weight excluding hydrogens is 181 g/mol. The summed E-state index contributed by atoms with van der Waals surface area (Å²) in [5.74, 6) is -0.355. The summed E-state index contributed by atoms with van der Waals surface area (Å²) in [5, 5.41) is 10.2. The van der Waals surface area contributed by atoms with Crippen molar-refractivity contribution in [2.45, 2.75) is 20.0 Å². The highest BCUT2D eigenvalue weighted by Crippen LogP contribution is 2.23. The van der Waals surface area contributed by atoms with Crippen molar-refractivity contribution in [3.63, 3.8) is 0 Å². The smallest absolute Gasteiger partial charge is 0.129 e. The minimum Gasteiger partial charge on any atom is -0.389 e. The molecule has 0 saturated carbocycles. The Balaban J connectivity index is 2.70. The first-order valence-corrected chi connectivity index (χ1v) is 4.55. The summed E-state index contributed by atoms with van der Waals surface area (Å²) in [6.45, 7) is 3.47. The number of rotatable bonds is 1. The molecule has 0 amide bonds. The third kappa shape index (κ3) is 1.40. The van der Waals surface area contributed by atoms with Gasteiger partial charge in [0.1, 0.15) is 5.82 Å². The number of H-pyrrole nitrogens is 1. The van der Waals surface area contributed by atoms with Gasteiger partial charge in [-0.25, -0.2) is 4.39 Å². The average Bonchev–Trinajstić information content (AvgIpc) is 2.42. The van der Waals surface area contributed by atoms with Gasteiger partial charge in [0, 0.05) is 22.2 Å². The lowest BCUT2D eigenvalue weighted by Crippen LogP contribution is -1.95. The highest BCUT2D eigenvalue weighted by Gasteiger charge is 2.10. The van der Waals surface area contributed by atoms with Crippen molar-refractivity contribution in [3.05, 3.63) is 35.3 Å². The number of nitrogens with one attached hydrogen (secondary N) is 1. The van der Waals surface area contributed by atoms with E-state index >= 15 is 0 Å². The molecule has 0 fully saturated rings. The van der Waals surface area contributed by atoms with Crippen molar-refractivity contribution in [2.24, 2.45) is 0 Å². The molecule has 0 saturated heterocycles. The molecule has 2 rings (SSSR count). The van der Waals surface area contributed by atoms with Crippen molar-refractivity contribution in [2.75, 3.05) is 0 Å². The fourth-order valence-corrected chi connectivity index (χ4v) is 1.63. The molecule has 1 unspecified atom stereocenters. The van der Waals surface area contributed by atoms with E-state index in [1.807, 2.05) is 13.0 Å². The topological polar surface area (TPSA) is 36.0 Å². The maximum atomic E-state index is 13.4. The van der Waals surface area contributed by atoms with Gasteiger partial charge >= 0.3 is 0 Å². The molecule has 0 aliphatic heterocycles. The minimum atomic E-state index is -0.775. The van der Waals surface area contributed by atoms with E-state index in [4.69, 9.17) is 0 Å². The van der Waals surface area contributed by atoms with E-state index in [-0.39, 0.29) is 5.82 Å². The van der Waals surface area contributed by atoms with E-state index in [9.17, 15) is 9.50 Å². The van der Waals surface area contributed by atoms with Crippen LogP contribution in [0.3, 0.4) is 0 Å². The molecule has 14 heavy (non-hydrogen) atoms. The number of benzene rings is 1. The Hall–Kier alpha value is -1.35. The summed E-state index contributed by atoms with van der Waals surface area (Å²) in [6.07, 6.45) is -0.775. The molecule has 0 bridgehead atoms. The van der Waals surface area contributed by atoms with Crippen LogP contribution in [0.4, 0.5) is 4.39 Å². The highest BCUT2D eigenvalue weighted by atomic mass is 19.1. The second kappa shape index (κ2) is 3.10. The zero-order valence-electron chi connectivity index (χ0n) is 8.13. The predicted octanol–water partition coefficient (Wildman–Crippen LogP) is 2.67. The summed E-state index contributed by atoms with van der Waals surface area (Å²) in [6, 6.07) is 4.98. The number of aromatic nitrogens is 1. The zero-order valence-corrected chi connectivity index (χ0v) is 8.13. The lowest BCUT2D eigenvalue weighted by molar-refractivity contribution is 0.194. The van der Waals surface area contributed by atoms with Gasteiger partial charge in [-0.05, 0) is 32.0 Å². The Labute approximate surface area is 81.4 Å². The molecule has 2 N–H and O–H groups in total. The molecule has 2 aromatic rings. The quantitative estimate of drug-likeness (QED) is 0.717. The van der Waals surface area contributed by atoms with Crippen molar-refractivity contribution < 1.29 is 9.50 Å². The number of aryl methyl sites for hydroxylation is 1. The average molecular weight is 193 g/mol. The molecule has 0 spiro atoms. The Morgan fingerprint density at radius 1 is 1.36 bits per heavy atom. The zero-order chi connectivity index (χ0) is 10.3. The van der Waals surface area contributed by atoms with Gasteiger partial charge in [-0.3, -0.25) is 0 Å². The highest BCUT2D eigenvalue weighted by molar-refractivity contribution is 5.81. The van der Waals surface area contributed by atoms with Gasteiger partial charge in [-0.1, -0.05) is 0 Å². The molecule has 2 nitrogen and oxygen atoms in total. The Bertz CT molecular complexity index is 473. The Morgan fingerprint density at radius 2 is 2.07 bits per heavy atom. The first kappa shape index (κ1) is 9.21. The molecule has 0 radical (unpaired) electrons. The second-order valence-corrected chi connectivity index (χ2v) is 3.59. The summed E-state index contributed by atoms with van der Waals surface area (Å²) in [5.41, 5.74) is 2.18. The molecule has 0 aliphatic carbocycles. The van der Waals surface area contributed by atoms with Crippen molar-refractivity contribution in [1.82, 2.24) is 4.98 Å². The number of aliphatic hydroxyl groups excluding tert-OH is 1. The van der Waals surface area contributed by atoms with E-state index in [2.05, 4.69) is 4.98 Å². The molecule has 1 heterocycles. The molecule has 0 aliphatic rings. The van der Waals surface area contributed by atoms with E-state index < -0.39 is 6.10 Å². The number of hydrogen-bond acceptors (Lipinski definition) is 1. The predicted molar refractivity (Wildman–Crippen MR) is 53.6 cm³/mol. The van der Waals surface area contributed by atoms with Crippen LogP contribution in [0.15, 0.2) is 18.2 Å². The number of aromatic amines is 1. The summed E-state index contributed by atoms with van der Waals surface area (Å²) in [4.78, 5) is 3.10.